The van der Waals surface area contributed by atoms with Crippen molar-refractivity contribution in [3.63, 3.8) is 0 Å². The number of hydrogen-bond acceptors (Lipinski definition) is 6. The molecule has 0 saturated carbocycles. The third-order valence-electron chi connectivity index (χ3n) is 3.70. The first-order chi connectivity index (χ1) is 10.2. The zero-order valence-electron chi connectivity index (χ0n) is 12.2. The predicted octanol–water partition coefficient (Wildman–Crippen LogP) is 0.560. The standard InChI is InChI=1S/C14H17N7/c1-10-12(8-15)11(2)21(19-10)14-7-13(17-9-18-14)20-5-3-16-4-6-20/h7,9,16H,3-6H2,1-2H3. The molecule has 1 saturated heterocycles. The number of aryl methyl sites for hydroxylation is 1. The first-order valence-corrected chi connectivity index (χ1v) is 6.95. The van der Waals surface area contributed by atoms with Crippen molar-refractivity contribution in [2.45, 2.75) is 13.8 Å². The summed E-state index contributed by atoms with van der Waals surface area (Å²) in [5.41, 5.74) is 2.13. The van der Waals surface area contributed by atoms with Crippen LogP contribution in [0.5, 0.6) is 0 Å². The third-order valence-corrected chi connectivity index (χ3v) is 3.70. The summed E-state index contributed by atoms with van der Waals surface area (Å²) in [4.78, 5) is 10.9. The molecule has 0 aromatic carbocycles. The van der Waals surface area contributed by atoms with E-state index in [9.17, 15) is 0 Å². The Kier molecular flexibility index (Phi) is 3.54. The number of nitriles is 1. The first kappa shape index (κ1) is 13.5. The molecule has 0 unspecified atom stereocenters. The lowest BCUT2D eigenvalue weighted by molar-refractivity contribution is 0.584. The fraction of sp³-hybridized carbons (Fsp3) is 0.429. The molecule has 1 N–H and O–H groups in total. The van der Waals surface area contributed by atoms with Gasteiger partial charge in [-0.2, -0.15) is 10.4 Å². The number of nitrogens with one attached hydrogen (secondary N) is 1. The van der Waals surface area contributed by atoms with E-state index in [-0.39, 0.29) is 0 Å². The number of piperazine rings is 1. The van der Waals surface area contributed by atoms with Crippen LogP contribution in [0.25, 0.3) is 5.82 Å². The van der Waals surface area contributed by atoms with Crippen LogP contribution in [-0.2, 0) is 0 Å². The number of hydrogen-bond donors (Lipinski definition) is 1. The minimum atomic E-state index is 0.609. The molecule has 0 amide bonds. The number of anilines is 1. The first-order valence-electron chi connectivity index (χ1n) is 6.95. The fourth-order valence-electron chi connectivity index (χ4n) is 2.55. The Morgan fingerprint density at radius 3 is 2.57 bits per heavy atom. The maximum atomic E-state index is 9.17. The Balaban J connectivity index is 1.98. The summed E-state index contributed by atoms with van der Waals surface area (Å²) in [5.74, 6) is 1.59. The molecule has 2 aromatic rings. The van der Waals surface area contributed by atoms with Crippen molar-refractivity contribution < 1.29 is 0 Å². The van der Waals surface area contributed by atoms with Gasteiger partial charge in [-0.15, -0.1) is 0 Å². The van der Waals surface area contributed by atoms with Crippen molar-refractivity contribution >= 4 is 5.82 Å². The Bertz CT molecular complexity index is 692. The van der Waals surface area contributed by atoms with Gasteiger partial charge in [0, 0.05) is 32.2 Å². The predicted molar refractivity (Wildman–Crippen MR) is 78.4 cm³/mol. The van der Waals surface area contributed by atoms with Crippen LogP contribution < -0.4 is 10.2 Å². The van der Waals surface area contributed by atoms with E-state index < -0.39 is 0 Å². The molecule has 0 atom stereocenters. The zero-order valence-corrected chi connectivity index (χ0v) is 12.2. The smallest absolute Gasteiger partial charge is 0.159 e. The topological polar surface area (TPSA) is 82.7 Å². The summed E-state index contributed by atoms with van der Waals surface area (Å²) in [7, 11) is 0. The van der Waals surface area contributed by atoms with Crippen molar-refractivity contribution in [1.82, 2.24) is 25.1 Å². The third kappa shape index (κ3) is 2.45. The highest BCUT2D eigenvalue weighted by atomic mass is 15.3. The molecule has 3 heterocycles. The summed E-state index contributed by atoms with van der Waals surface area (Å²) in [6, 6.07) is 4.11. The van der Waals surface area contributed by atoms with Crippen molar-refractivity contribution in [2.75, 3.05) is 31.1 Å². The lowest BCUT2D eigenvalue weighted by Gasteiger charge is -2.28. The van der Waals surface area contributed by atoms with Gasteiger partial charge < -0.3 is 10.2 Å². The minimum absolute atomic E-state index is 0.609. The van der Waals surface area contributed by atoms with Gasteiger partial charge in [0.25, 0.3) is 0 Å². The SMILES string of the molecule is Cc1nn(-c2cc(N3CCNCC3)ncn2)c(C)c1C#N. The molecule has 2 aromatic heterocycles. The highest BCUT2D eigenvalue weighted by Gasteiger charge is 2.16. The average Bonchev–Trinajstić information content (AvgIpc) is 2.82. The molecule has 0 spiro atoms. The number of aromatic nitrogens is 4. The molecular weight excluding hydrogens is 266 g/mol. The van der Waals surface area contributed by atoms with E-state index >= 15 is 0 Å². The fourth-order valence-corrected chi connectivity index (χ4v) is 2.55. The molecule has 21 heavy (non-hydrogen) atoms. The van der Waals surface area contributed by atoms with Crippen LogP contribution in [0, 0.1) is 25.2 Å². The van der Waals surface area contributed by atoms with E-state index in [1.54, 1.807) is 11.0 Å². The van der Waals surface area contributed by atoms with Crippen LogP contribution >= 0.6 is 0 Å². The van der Waals surface area contributed by atoms with Gasteiger partial charge in [0.05, 0.1) is 17.0 Å². The van der Waals surface area contributed by atoms with E-state index in [1.807, 2.05) is 19.9 Å². The number of rotatable bonds is 2. The molecular formula is C14H17N7. The van der Waals surface area contributed by atoms with Crippen LogP contribution in [-0.4, -0.2) is 45.9 Å². The van der Waals surface area contributed by atoms with Crippen molar-refractivity contribution in [2.24, 2.45) is 0 Å². The van der Waals surface area contributed by atoms with Crippen LogP contribution in [0.3, 0.4) is 0 Å². The lowest BCUT2D eigenvalue weighted by atomic mass is 10.2. The van der Waals surface area contributed by atoms with Gasteiger partial charge in [0.1, 0.15) is 18.2 Å². The normalized spacial score (nSPS) is 15.0. The quantitative estimate of drug-likeness (QED) is 0.867. The van der Waals surface area contributed by atoms with E-state index in [4.69, 9.17) is 5.26 Å². The van der Waals surface area contributed by atoms with Crippen LogP contribution in [0.4, 0.5) is 5.82 Å². The molecule has 7 heteroatoms. The summed E-state index contributed by atoms with van der Waals surface area (Å²) in [6.07, 6.45) is 1.55. The van der Waals surface area contributed by atoms with E-state index in [1.165, 1.54) is 0 Å². The monoisotopic (exact) mass is 283 g/mol. The zero-order chi connectivity index (χ0) is 14.8. The van der Waals surface area contributed by atoms with E-state index in [2.05, 4.69) is 31.4 Å². The molecule has 3 rings (SSSR count). The highest BCUT2D eigenvalue weighted by molar-refractivity contribution is 5.46. The van der Waals surface area contributed by atoms with Crippen molar-refractivity contribution in [3.8, 4) is 11.9 Å². The Hall–Kier alpha value is -2.46. The maximum absolute atomic E-state index is 9.17. The summed E-state index contributed by atoms with van der Waals surface area (Å²) >= 11 is 0. The molecule has 1 aliphatic heterocycles. The van der Waals surface area contributed by atoms with Crippen LogP contribution in [0.2, 0.25) is 0 Å². The van der Waals surface area contributed by atoms with Gasteiger partial charge in [-0.1, -0.05) is 0 Å². The largest absolute Gasteiger partial charge is 0.354 e. The lowest BCUT2D eigenvalue weighted by Crippen LogP contribution is -2.43. The van der Waals surface area contributed by atoms with Gasteiger partial charge >= 0.3 is 0 Å². The van der Waals surface area contributed by atoms with Crippen LogP contribution in [0.15, 0.2) is 12.4 Å². The summed E-state index contributed by atoms with van der Waals surface area (Å²) in [6.45, 7) is 7.48. The van der Waals surface area contributed by atoms with Crippen molar-refractivity contribution in [1.29, 1.82) is 5.26 Å². The average molecular weight is 283 g/mol. The Labute approximate surface area is 123 Å². The van der Waals surface area contributed by atoms with Crippen LogP contribution in [0.1, 0.15) is 17.0 Å². The second kappa shape index (κ2) is 5.50. The molecule has 108 valence electrons. The van der Waals surface area contributed by atoms with E-state index in [0.717, 1.165) is 43.4 Å². The van der Waals surface area contributed by atoms with Gasteiger partial charge in [0.2, 0.25) is 0 Å². The molecule has 0 radical (unpaired) electrons. The second-order valence-electron chi connectivity index (χ2n) is 5.04. The minimum Gasteiger partial charge on any atom is -0.354 e. The second-order valence-corrected chi connectivity index (χ2v) is 5.04. The molecule has 7 nitrogen and oxygen atoms in total. The van der Waals surface area contributed by atoms with Gasteiger partial charge in [-0.05, 0) is 13.8 Å². The molecule has 0 bridgehead atoms. The van der Waals surface area contributed by atoms with Gasteiger partial charge in [0.15, 0.2) is 5.82 Å². The Morgan fingerprint density at radius 1 is 1.19 bits per heavy atom. The summed E-state index contributed by atoms with van der Waals surface area (Å²) in [5, 5.41) is 16.9. The van der Waals surface area contributed by atoms with Gasteiger partial charge in [-0.3, -0.25) is 0 Å². The summed E-state index contributed by atoms with van der Waals surface area (Å²) < 4.78 is 1.71. The maximum Gasteiger partial charge on any atom is 0.159 e. The number of nitrogens with zero attached hydrogens (tertiary/aromatic N) is 6. The highest BCUT2D eigenvalue weighted by Crippen LogP contribution is 2.18. The Morgan fingerprint density at radius 2 is 1.90 bits per heavy atom. The molecule has 1 fully saturated rings. The molecule has 1 aliphatic rings. The molecule has 0 aliphatic carbocycles. The van der Waals surface area contributed by atoms with Crippen molar-refractivity contribution in [3.05, 3.63) is 29.3 Å². The van der Waals surface area contributed by atoms with Gasteiger partial charge in [-0.25, -0.2) is 14.6 Å². The van der Waals surface area contributed by atoms with E-state index in [0.29, 0.717) is 11.4 Å².